The van der Waals surface area contributed by atoms with E-state index >= 15 is 0 Å². The van der Waals surface area contributed by atoms with E-state index in [0.717, 1.165) is 5.69 Å². The van der Waals surface area contributed by atoms with Gasteiger partial charge in [-0.25, -0.2) is 14.8 Å². The van der Waals surface area contributed by atoms with Gasteiger partial charge in [0.25, 0.3) is 0 Å². The van der Waals surface area contributed by atoms with Crippen LogP contribution in [0.3, 0.4) is 0 Å². The van der Waals surface area contributed by atoms with Crippen LogP contribution in [0.5, 0.6) is 0 Å². The van der Waals surface area contributed by atoms with Gasteiger partial charge in [0.1, 0.15) is 5.82 Å². The molecule has 1 aromatic rings. The molecule has 0 aliphatic carbocycles. The van der Waals surface area contributed by atoms with E-state index in [1.807, 2.05) is 20.8 Å². The number of ether oxygens (including phenoxy) is 1. The van der Waals surface area contributed by atoms with Crippen molar-refractivity contribution in [2.75, 3.05) is 6.61 Å². The highest BCUT2D eigenvalue weighted by molar-refractivity contribution is 5.87. The summed E-state index contributed by atoms with van der Waals surface area (Å²) in [6.07, 6.45) is 0. The zero-order valence-electron chi connectivity index (χ0n) is 10.00. The summed E-state index contributed by atoms with van der Waals surface area (Å²) in [5.41, 5.74) is 1.10. The molecule has 0 atom stereocenters. The van der Waals surface area contributed by atoms with Crippen molar-refractivity contribution < 1.29 is 9.53 Å². The highest BCUT2D eigenvalue weighted by Crippen LogP contribution is 2.01. The fourth-order valence-electron chi connectivity index (χ4n) is 1.03. The summed E-state index contributed by atoms with van der Waals surface area (Å²) in [4.78, 5) is 19.3. The normalized spacial score (nSPS) is 8.87. The topological polar surface area (TPSA) is 52.1 Å². The minimum absolute atomic E-state index is 0.326. The number of aromatic nitrogens is 2. The molecule has 4 heteroatoms. The summed E-state index contributed by atoms with van der Waals surface area (Å²) < 4.78 is 4.81. The molecule has 0 aliphatic heterocycles. The van der Waals surface area contributed by atoms with E-state index in [4.69, 9.17) is 4.74 Å². The van der Waals surface area contributed by atoms with Gasteiger partial charge in [-0.2, -0.15) is 0 Å². The summed E-state index contributed by atoms with van der Waals surface area (Å²) in [7, 11) is 0. The summed E-state index contributed by atoms with van der Waals surface area (Å²) in [6, 6.07) is 1.62. The smallest absolute Gasteiger partial charge is 0.357 e. The zero-order chi connectivity index (χ0) is 11.8. The summed E-state index contributed by atoms with van der Waals surface area (Å²) in [6.45, 7) is 9.69. The third-order valence-electron chi connectivity index (χ3n) is 1.45. The maximum Gasteiger partial charge on any atom is 0.357 e. The van der Waals surface area contributed by atoms with Crippen molar-refractivity contribution in [2.24, 2.45) is 0 Å². The molecular formula is C11H18N2O2. The fraction of sp³-hybridized carbons (Fsp3) is 0.545. The zero-order valence-corrected chi connectivity index (χ0v) is 10.00. The summed E-state index contributed by atoms with van der Waals surface area (Å²) in [5, 5.41) is 0. The molecule has 1 heterocycles. The first-order chi connectivity index (χ1) is 7.13. The Balaban J connectivity index is 0.000000921. The minimum atomic E-state index is -0.392. The largest absolute Gasteiger partial charge is 0.461 e. The van der Waals surface area contributed by atoms with E-state index in [-0.39, 0.29) is 0 Å². The second kappa shape index (κ2) is 6.92. The quantitative estimate of drug-likeness (QED) is 0.703. The molecule has 0 unspecified atom stereocenters. The number of hydrogen-bond donors (Lipinski definition) is 0. The first-order valence-corrected chi connectivity index (χ1v) is 5.13. The Kier molecular flexibility index (Phi) is 6.25. The molecule has 1 aromatic heterocycles. The van der Waals surface area contributed by atoms with E-state index in [0.29, 0.717) is 18.1 Å². The van der Waals surface area contributed by atoms with E-state index < -0.39 is 5.97 Å². The molecule has 0 amide bonds. The molecular weight excluding hydrogens is 192 g/mol. The molecule has 0 bridgehead atoms. The molecule has 84 valence electrons. The molecule has 0 N–H and O–H groups in total. The number of carbonyl (C=O) groups is 1. The van der Waals surface area contributed by atoms with Gasteiger partial charge in [0.05, 0.1) is 6.61 Å². The van der Waals surface area contributed by atoms with Crippen LogP contribution in [-0.2, 0) is 4.74 Å². The second-order valence-electron chi connectivity index (χ2n) is 2.66. The fourth-order valence-corrected chi connectivity index (χ4v) is 1.03. The second-order valence-corrected chi connectivity index (χ2v) is 2.66. The Morgan fingerprint density at radius 3 is 2.40 bits per heavy atom. The van der Waals surface area contributed by atoms with Crippen LogP contribution in [0.1, 0.15) is 42.8 Å². The van der Waals surface area contributed by atoms with Crippen molar-refractivity contribution >= 4 is 5.97 Å². The van der Waals surface area contributed by atoms with Crippen molar-refractivity contribution in [1.82, 2.24) is 9.97 Å². The Bertz CT molecular complexity index is 304. The number of rotatable bonds is 2. The average Bonchev–Trinajstić information content (AvgIpc) is 2.20. The molecule has 0 saturated heterocycles. The van der Waals surface area contributed by atoms with Crippen LogP contribution in [0.15, 0.2) is 6.07 Å². The molecule has 0 radical (unpaired) electrons. The van der Waals surface area contributed by atoms with Crippen LogP contribution >= 0.6 is 0 Å². The van der Waals surface area contributed by atoms with Gasteiger partial charge in [0.2, 0.25) is 0 Å². The monoisotopic (exact) mass is 210 g/mol. The van der Waals surface area contributed by atoms with Gasteiger partial charge < -0.3 is 4.74 Å². The Morgan fingerprint density at radius 2 is 1.93 bits per heavy atom. The van der Waals surface area contributed by atoms with E-state index in [1.165, 1.54) is 0 Å². The molecule has 0 fully saturated rings. The molecule has 15 heavy (non-hydrogen) atoms. The van der Waals surface area contributed by atoms with Gasteiger partial charge >= 0.3 is 5.97 Å². The predicted octanol–water partition coefficient (Wildman–Crippen LogP) is 2.30. The number of hydrogen-bond acceptors (Lipinski definition) is 4. The van der Waals surface area contributed by atoms with Gasteiger partial charge in [0.15, 0.2) is 5.69 Å². The summed E-state index contributed by atoms with van der Waals surface area (Å²) >= 11 is 0. The van der Waals surface area contributed by atoms with Crippen molar-refractivity contribution in [3.8, 4) is 0 Å². The SMILES string of the molecule is CC.CCOC(=O)c1cc(C)nc(C)n1. The number of aryl methyl sites for hydroxylation is 2. The maximum atomic E-state index is 11.2. The first-order valence-electron chi connectivity index (χ1n) is 5.13. The third kappa shape index (κ3) is 4.54. The Labute approximate surface area is 90.7 Å². The van der Waals surface area contributed by atoms with Crippen LogP contribution < -0.4 is 0 Å². The van der Waals surface area contributed by atoms with E-state index in [9.17, 15) is 4.79 Å². The Hall–Kier alpha value is -1.45. The standard InChI is InChI=1S/C9H12N2O2.C2H6/c1-4-13-9(12)8-5-6(2)10-7(3)11-8;1-2/h5H,4H2,1-3H3;1-2H3. The number of esters is 1. The number of carbonyl (C=O) groups excluding carboxylic acids is 1. The lowest BCUT2D eigenvalue weighted by Crippen LogP contribution is -2.09. The third-order valence-corrected chi connectivity index (χ3v) is 1.45. The van der Waals surface area contributed by atoms with Crippen LogP contribution in [0, 0.1) is 13.8 Å². The molecule has 0 aliphatic rings. The van der Waals surface area contributed by atoms with Crippen LogP contribution in [0.2, 0.25) is 0 Å². The molecule has 0 spiro atoms. The van der Waals surface area contributed by atoms with Gasteiger partial charge in [-0.15, -0.1) is 0 Å². The summed E-state index contributed by atoms with van der Waals surface area (Å²) in [5.74, 6) is 0.194. The van der Waals surface area contributed by atoms with Crippen molar-refractivity contribution in [3.63, 3.8) is 0 Å². The maximum absolute atomic E-state index is 11.2. The molecule has 1 rings (SSSR count). The van der Waals surface area contributed by atoms with Gasteiger partial charge in [-0.1, -0.05) is 13.8 Å². The lowest BCUT2D eigenvalue weighted by atomic mass is 10.3. The molecule has 0 aromatic carbocycles. The van der Waals surface area contributed by atoms with Gasteiger partial charge in [0, 0.05) is 5.69 Å². The van der Waals surface area contributed by atoms with Crippen molar-refractivity contribution in [3.05, 3.63) is 23.3 Å². The predicted molar refractivity (Wildman–Crippen MR) is 58.8 cm³/mol. The van der Waals surface area contributed by atoms with Crippen molar-refractivity contribution in [1.29, 1.82) is 0 Å². The Morgan fingerprint density at radius 1 is 1.33 bits per heavy atom. The lowest BCUT2D eigenvalue weighted by Gasteiger charge is -2.02. The van der Waals surface area contributed by atoms with Crippen molar-refractivity contribution in [2.45, 2.75) is 34.6 Å². The van der Waals surface area contributed by atoms with Crippen LogP contribution in [0.4, 0.5) is 0 Å². The van der Waals surface area contributed by atoms with Crippen LogP contribution in [-0.4, -0.2) is 22.5 Å². The van der Waals surface area contributed by atoms with E-state index in [1.54, 1.807) is 19.9 Å². The lowest BCUT2D eigenvalue weighted by molar-refractivity contribution is 0.0518. The van der Waals surface area contributed by atoms with Crippen LogP contribution in [0.25, 0.3) is 0 Å². The van der Waals surface area contributed by atoms with E-state index in [2.05, 4.69) is 9.97 Å². The molecule has 4 nitrogen and oxygen atoms in total. The minimum Gasteiger partial charge on any atom is -0.461 e. The number of nitrogens with zero attached hydrogens (tertiary/aromatic N) is 2. The highest BCUT2D eigenvalue weighted by atomic mass is 16.5. The van der Waals surface area contributed by atoms with Gasteiger partial charge in [-0.3, -0.25) is 0 Å². The molecule has 0 saturated carbocycles. The average molecular weight is 210 g/mol. The first kappa shape index (κ1) is 13.5. The van der Waals surface area contributed by atoms with Gasteiger partial charge in [-0.05, 0) is 26.8 Å². The highest BCUT2D eigenvalue weighted by Gasteiger charge is 2.09.